The number of nitrogens with zero attached hydrogens (tertiary/aromatic N) is 1. The summed E-state index contributed by atoms with van der Waals surface area (Å²) in [6.45, 7) is 0. The number of hydrazine groups is 1. The van der Waals surface area contributed by atoms with E-state index in [-0.39, 0.29) is 5.69 Å². The van der Waals surface area contributed by atoms with Crippen LogP contribution in [0.5, 0.6) is 0 Å². The quantitative estimate of drug-likeness (QED) is 0.669. The van der Waals surface area contributed by atoms with Crippen LogP contribution in [-0.2, 0) is 4.79 Å². The predicted molar refractivity (Wildman–Crippen MR) is 85.3 cm³/mol. The summed E-state index contributed by atoms with van der Waals surface area (Å²) in [6.07, 6.45) is 4.16. The van der Waals surface area contributed by atoms with E-state index < -0.39 is 11.8 Å². The smallest absolute Gasteiger partial charge is 0.268 e. The van der Waals surface area contributed by atoms with Crippen molar-refractivity contribution in [3.63, 3.8) is 0 Å². The van der Waals surface area contributed by atoms with Crippen LogP contribution in [0.1, 0.15) is 16.1 Å². The van der Waals surface area contributed by atoms with Gasteiger partial charge in [0, 0.05) is 27.9 Å². The van der Waals surface area contributed by atoms with Gasteiger partial charge in [0.05, 0.1) is 0 Å². The molecule has 0 fully saturated rings. The zero-order chi connectivity index (χ0) is 15.9. The molecule has 0 saturated carbocycles. The van der Waals surface area contributed by atoms with E-state index in [1.807, 2.05) is 0 Å². The highest BCUT2D eigenvalue weighted by Gasteiger charge is 2.07. The van der Waals surface area contributed by atoms with E-state index in [4.69, 9.17) is 23.2 Å². The third-order valence-corrected chi connectivity index (χ3v) is 3.26. The second-order valence-electron chi connectivity index (χ2n) is 4.13. The van der Waals surface area contributed by atoms with Crippen molar-refractivity contribution < 1.29 is 9.59 Å². The lowest BCUT2D eigenvalue weighted by Gasteiger charge is -2.04. The van der Waals surface area contributed by atoms with Gasteiger partial charge >= 0.3 is 0 Å². The van der Waals surface area contributed by atoms with Crippen LogP contribution in [0.3, 0.4) is 0 Å². The first-order chi connectivity index (χ1) is 10.6. The standard InChI is InChI=1S/C15H11Cl2N3O2/c16-11-4-3-5-12(17)10(11)7-8-14(21)19-20-15(22)13-6-1-2-9-18-13/h1-9H,(H,19,21)(H,20,22)/b8-7+. The van der Waals surface area contributed by atoms with Gasteiger partial charge in [-0.1, -0.05) is 35.3 Å². The van der Waals surface area contributed by atoms with E-state index in [0.717, 1.165) is 0 Å². The minimum Gasteiger partial charge on any atom is -0.268 e. The Labute approximate surface area is 136 Å². The van der Waals surface area contributed by atoms with Crippen molar-refractivity contribution in [2.24, 2.45) is 0 Å². The topological polar surface area (TPSA) is 71.1 Å². The SMILES string of the molecule is O=C(/C=C/c1c(Cl)cccc1Cl)NNC(=O)c1ccccn1. The minimum atomic E-state index is -0.528. The van der Waals surface area contributed by atoms with Gasteiger partial charge < -0.3 is 0 Å². The van der Waals surface area contributed by atoms with Gasteiger partial charge in [-0.05, 0) is 30.3 Å². The fourth-order valence-corrected chi connectivity index (χ4v) is 2.07. The zero-order valence-electron chi connectivity index (χ0n) is 11.2. The fraction of sp³-hybridized carbons (Fsp3) is 0. The summed E-state index contributed by atoms with van der Waals surface area (Å²) in [6, 6.07) is 9.91. The number of carbonyl (C=O) groups excluding carboxylic acids is 2. The molecule has 0 saturated heterocycles. The van der Waals surface area contributed by atoms with Gasteiger partial charge in [0.15, 0.2) is 0 Å². The number of halogens is 2. The van der Waals surface area contributed by atoms with Crippen molar-refractivity contribution in [2.45, 2.75) is 0 Å². The van der Waals surface area contributed by atoms with Crippen molar-refractivity contribution in [3.05, 3.63) is 70.0 Å². The van der Waals surface area contributed by atoms with Gasteiger partial charge in [0.2, 0.25) is 0 Å². The number of hydrogen-bond donors (Lipinski definition) is 2. The highest BCUT2D eigenvalue weighted by atomic mass is 35.5. The average Bonchev–Trinajstić information content (AvgIpc) is 2.53. The number of nitrogens with one attached hydrogen (secondary N) is 2. The van der Waals surface area contributed by atoms with Crippen LogP contribution in [0.2, 0.25) is 10.0 Å². The van der Waals surface area contributed by atoms with E-state index in [0.29, 0.717) is 15.6 Å². The number of pyridine rings is 1. The van der Waals surface area contributed by atoms with Crippen LogP contribution in [-0.4, -0.2) is 16.8 Å². The molecule has 2 rings (SSSR count). The molecule has 0 aliphatic carbocycles. The molecule has 7 heteroatoms. The highest BCUT2D eigenvalue weighted by molar-refractivity contribution is 6.37. The maximum Gasteiger partial charge on any atom is 0.288 e. The minimum absolute atomic E-state index is 0.195. The van der Waals surface area contributed by atoms with Gasteiger partial charge in [-0.3, -0.25) is 25.4 Å². The maximum atomic E-state index is 11.7. The molecule has 2 aromatic rings. The average molecular weight is 336 g/mol. The summed E-state index contributed by atoms with van der Waals surface area (Å²) in [5.74, 6) is -1.04. The van der Waals surface area contributed by atoms with E-state index in [1.54, 1.807) is 30.3 Å². The Kier molecular flexibility index (Phi) is 5.52. The second-order valence-corrected chi connectivity index (χ2v) is 4.94. The van der Waals surface area contributed by atoms with Crippen LogP contribution in [0.25, 0.3) is 6.08 Å². The van der Waals surface area contributed by atoms with Crippen molar-refractivity contribution in [2.75, 3.05) is 0 Å². The molecule has 2 amide bonds. The maximum absolute atomic E-state index is 11.7. The van der Waals surface area contributed by atoms with E-state index >= 15 is 0 Å². The summed E-state index contributed by atoms with van der Waals surface area (Å²) in [5.41, 5.74) is 5.20. The number of rotatable bonds is 3. The van der Waals surface area contributed by atoms with E-state index in [1.165, 1.54) is 24.4 Å². The lowest BCUT2D eigenvalue weighted by atomic mass is 10.2. The molecular weight excluding hydrogens is 325 g/mol. The van der Waals surface area contributed by atoms with Gasteiger partial charge in [-0.2, -0.15) is 0 Å². The number of amides is 2. The van der Waals surface area contributed by atoms with Crippen LogP contribution in [0.4, 0.5) is 0 Å². The summed E-state index contributed by atoms with van der Waals surface area (Å²) >= 11 is 12.0. The molecule has 1 aromatic carbocycles. The molecule has 0 aliphatic rings. The molecule has 1 aromatic heterocycles. The molecule has 0 bridgehead atoms. The van der Waals surface area contributed by atoms with Crippen molar-refractivity contribution in [1.82, 2.24) is 15.8 Å². The number of hydrogen-bond acceptors (Lipinski definition) is 3. The van der Waals surface area contributed by atoms with Crippen LogP contribution in [0, 0.1) is 0 Å². The van der Waals surface area contributed by atoms with Crippen molar-refractivity contribution >= 4 is 41.1 Å². The van der Waals surface area contributed by atoms with E-state index in [2.05, 4.69) is 15.8 Å². The molecule has 22 heavy (non-hydrogen) atoms. The lowest BCUT2D eigenvalue weighted by Crippen LogP contribution is -2.41. The van der Waals surface area contributed by atoms with Gasteiger partial charge in [-0.25, -0.2) is 0 Å². The predicted octanol–water partition coefficient (Wildman–Crippen LogP) is 2.86. The fourth-order valence-electron chi connectivity index (χ4n) is 1.55. The first kappa shape index (κ1) is 16.0. The largest absolute Gasteiger partial charge is 0.288 e. The Morgan fingerprint density at radius 2 is 1.73 bits per heavy atom. The van der Waals surface area contributed by atoms with Gasteiger partial charge in [-0.15, -0.1) is 0 Å². The van der Waals surface area contributed by atoms with Crippen LogP contribution >= 0.6 is 23.2 Å². The molecule has 5 nitrogen and oxygen atoms in total. The highest BCUT2D eigenvalue weighted by Crippen LogP contribution is 2.25. The molecule has 1 heterocycles. The van der Waals surface area contributed by atoms with Crippen molar-refractivity contribution in [3.8, 4) is 0 Å². The van der Waals surface area contributed by atoms with E-state index in [9.17, 15) is 9.59 Å². The molecular formula is C15H11Cl2N3O2. The Bertz CT molecular complexity index is 698. The number of benzene rings is 1. The zero-order valence-corrected chi connectivity index (χ0v) is 12.7. The summed E-state index contributed by atoms with van der Waals surface area (Å²) in [4.78, 5) is 27.2. The van der Waals surface area contributed by atoms with Crippen LogP contribution in [0.15, 0.2) is 48.7 Å². The van der Waals surface area contributed by atoms with Crippen molar-refractivity contribution in [1.29, 1.82) is 0 Å². The Morgan fingerprint density at radius 3 is 2.36 bits per heavy atom. The Morgan fingerprint density at radius 1 is 1.00 bits per heavy atom. The molecule has 112 valence electrons. The first-order valence-electron chi connectivity index (χ1n) is 6.21. The number of carbonyl (C=O) groups is 2. The molecule has 0 unspecified atom stereocenters. The normalized spacial score (nSPS) is 10.5. The molecule has 0 radical (unpaired) electrons. The second kappa shape index (κ2) is 7.59. The monoisotopic (exact) mass is 335 g/mol. The summed E-state index contributed by atoms with van der Waals surface area (Å²) < 4.78 is 0. The summed E-state index contributed by atoms with van der Waals surface area (Å²) in [7, 11) is 0. The number of aromatic nitrogens is 1. The first-order valence-corrected chi connectivity index (χ1v) is 6.97. The Balaban J connectivity index is 1.93. The molecule has 2 N–H and O–H groups in total. The summed E-state index contributed by atoms with van der Waals surface area (Å²) in [5, 5.41) is 0.850. The van der Waals surface area contributed by atoms with Crippen LogP contribution < -0.4 is 10.9 Å². The van der Waals surface area contributed by atoms with Gasteiger partial charge in [0.25, 0.3) is 11.8 Å². The molecule has 0 spiro atoms. The lowest BCUT2D eigenvalue weighted by molar-refractivity contribution is -0.117. The third kappa shape index (κ3) is 4.31. The third-order valence-electron chi connectivity index (χ3n) is 2.60. The Hall–Kier alpha value is -2.37. The van der Waals surface area contributed by atoms with Gasteiger partial charge in [0.1, 0.15) is 5.69 Å². The molecule has 0 atom stereocenters. The molecule has 0 aliphatic heterocycles.